The molecule has 0 unspecified atom stereocenters. The molecule has 6 nitrogen and oxygen atoms in total. The Labute approximate surface area is 125 Å². The number of halogens is 2. The van der Waals surface area contributed by atoms with Crippen LogP contribution in [0, 0.1) is 0 Å². The van der Waals surface area contributed by atoms with Gasteiger partial charge < -0.3 is 10.1 Å². The van der Waals surface area contributed by atoms with Crippen LogP contribution >= 0.6 is 31.9 Å². The molecule has 0 spiro atoms. The van der Waals surface area contributed by atoms with E-state index in [0.717, 1.165) is 0 Å². The monoisotopic (exact) mass is 386 g/mol. The van der Waals surface area contributed by atoms with Crippen LogP contribution in [-0.2, 0) is 0 Å². The first-order chi connectivity index (χ1) is 9.11. The van der Waals surface area contributed by atoms with Gasteiger partial charge in [-0.05, 0) is 37.9 Å². The highest BCUT2D eigenvalue weighted by molar-refractivity contribution is 9.11. The molecular formula is C11H8Br2N4O2. The van der Waals surface area contributed by atoms with Gasteiger partial charge in [-0.1, -0.05) is 0 Å². The maximum absolute atomic E-state index is 12.1. The largest absolute Gasteiger partial charge is 0.494 e. The number of anilines is 1. The van der Waals surface area contributed by atoms with E-state index in [-0.39, 0.29) is 5.91 Å². The highest BCUT2D eigenvalue weighted by atomic mass is 79.9. The first-order valence-corrected chi connectivity index (χ1v) is 6.68. The SMILES string of the molecule is COc1cnccc1C(=O)Nc1ncc(Br)nc1Br. The first kappa shape index (κ1) is 13.9. The minimum Gasteiger partial charge on any atom is -0.494 e. The fourth-order valence-electron chi connectivity index (χ4n) is 1.34. The summed E-state index contributed by atoms with van der Waals surface area (Å²) < 4.78 is 6.08. The smallest absolute Gasteiger partial charge is 0.260 e. The summed E-state index contributed by atoms with van der Waals surface area (Å²) in [6.45, 7) is 0. The van der Waals surface area contributed by atoms with Gasteiger partial charge in [0.25, 0.3) is 5.91 Å². The van der Waals surface area contributed by atoms with E-state index in [0.29, 0.717) is 26.3 Å². The number of hydrogen-bond acceptors (Lipinski definition) is 5. The number of aromatic nitrogens is 3. The molecule has 0 bridgehead atoms. The second-order valence-corrected chi connectivity index (χ2v) is 4.93. The third kappa shape index (κ3) is 3.27. The van der Waals surface area contributed by atoms with Crippen molar-refractivity contribution >= 4 is 43.6 Å². The fraction of sp³-hybridized carbons (Fsp3) is 0.0909. The molecule has 0 aromatic carbocycles. The summed E-state index contributed by atoms with van der Waals surface area (Å²) in [6.07, 6.45) is 4.47. The van der Waals surface area contributed by atoms with Crippen LogP contribution in [0.15, 0.2) is 33.9 Å². The molecule has 2 aromatic heterocycles. The Balaban J connectivity index is 2.26. The van der Waals surface area contributed by atoms with Crippen LogP contribution in [0.2, 0.25) is 0 Å². The number of carbonyl (C=O) groups is 1. The second-order valence-electron chi connectivity index (χ2n) is 3.36. The average Bonchev–Trinajstić information content (AvgIpc) is 2.41. The summed E-state index contributed by atoms with van der Waals surface area (Å²) in [5.41, 5.74) is 0.370. The fourth-order valence-corrected chi connectivity index (χ4v) is 2.25. The van der Waals surface area contributed by atoms with Gasteiger partial charge in [-0.2, -0.15) is 0 Å². The summed E-state index contributed by atoms with van der Waals surface area (Å²) in [5.74, 6) is 0.366. The summed E-state index contributed by atoms with van der Waals surface area (Å²) in [6, 6.07) is 1.56. The zero-order valence-corrected chi connectivity index (χ0v) is 12.9. The summed E-state index contributed by atoms with van der Waals surface area (Å²) >= 11 is 6.41. The van der Waals surface area contributed by atoms with Gasteiger partial charge in [-0.15, -0.1) is 0 Å². The maximum Gasteiger partial charge on any atom is 0.260 e. The lowest BCUT2D eigenvalue weighted by molar-refractivity contribution is 0.102. The Morgan fingerprint density at radius 1 is 1.37 bits per heavy atom. The molecule has 1 N–H and O–H groups in total. The molecule has 19 heavy (non-hydrogen) atoms. The lowest BCUT2D eigenvalue weighted by Crippen LogP contribution is -2.15. The molecule has 0 radical (unpaired) electrons. The van der Waals surface area contributed by atoms with Gasteiger partial charge >= 0.3 is 0 Å². The van der Waals surface area contributed by atoms with Crippen molar-refractivity contribution in [3.63, 3.8) is 0 Å². The Kier molecular flexibility index (Phi) is 4.43. The number of ether oxygens (including phenoxy) is 1. The minimum absolute atomic E-state index is 0.326. The molecule has 0 aliphatic carbocycles. The number of methoxy groups -OCH3 is 1. The van der Waals surface area contributed by atoms with Gasteiger partial charge in [0.15, 0.2) is 5.82 Å². The lowest BCUT2D eigenvalue weighted by atomic mass is 10.2. The number of hydrogen-bond donors (Lipinski definition) is 1. The Bertz CT molecular complexity index is 621. The van der Waals surface area contributed by atoms with Crippen LogP contribution in [0.5, 0.6) is 5.75 Å². The van der Waals surface area contributed by atoms with Crippen molar-refractivity contribution in [2.45, 2.75) is 0 Å². The van der Waals surface area contributed by atoms with Gasteiger partial charge in [0.2, 0.25) is 0 Å². The van der Waals surface area contributed by atoms with Crippen molar-refractivity contribution in [2.75, 3.05) is 12.4 Å². The molecule has 0 atom stereocenters. The van der Waals surface area contributed by atoms with Crippen molar-refractivity contribution in [3.05, 3.63) is 39.4 Å². The van der Waals surface area contributed by atoms with Gasteiger partial charge in [0.05, 0.1) is 25.1 Å². The van der Waals surface area contributed by atoms with Crippen LogP contribution in [0.25, 0.3) is 0 Å². The van der Waals surface area contributed by atoms with Crippen molar-refractivity contribution in [1.82, 2.24) is 15.0 Å². The number of carbonyl (C=O) groups excluding carboxylic acids is 1. The van der Waals surface area contributed by atoms with E-state index in [1.54, 1.807) is 6.07 Å². The highest BCUT2D eigenvalue weighted by Gasteiger charge is 2.14. The van der Waals surface area contributed by atoms with Crippen molar-refractivity contribution in [2.24, 2.45) is 0 Å². The first-order valence-electron chi connectivity index (χ1n) is 5.09. The van der Waals surface area contributed by atoms with Crippen molar-refractivity contribution < 1.29 is 9.53 Å². The number of pyridine rings is 1. The van der Waals surface area contributed by atoms with E-state index >= 15 is 0 Å². The normalized spacial score (nSPS) is 10.1. The van der Waals surface area contributed by atoms with E-state index in [9.17, 15) is 4.79 Å². The highest BCUT2D eigenvalue weighted by Crippen LogP contribution is 2.22. The Hall–Kier alpha value is -1.54. The van der Waals surface area contributed by atoms with Gasteiger partial charge in [0.1, 0.15) is 15.0 Å². The molecule has 0 saturated carbocycles. The van der Waals surface area contributed by atoms with Crippen LogP contribution in [0.4, 0.5) is 5.82 Å². The van der Waals surface area contributed by atoms with E-state index in [1.165, 1.54) is 25.7 Å². The van der Waals surface area contributed by atoms with E-state index in [4.69, 9.17) is 4.74 Å². The van der Waals surface area contributed by atoms with Crippen LogP contribution < -0.4 is 10.1 Å². The van der Waals surface area contributed by atoms with Crippen LogP contribution in [-0.4, -0.2) is 28.0 Å². The van der Waals surface area contributed by atoms with Crippen molar-refractivity contribution in [1.29, 1.82) is 0 Å². The van der Waals surface area contributed by atoms with Crippen molar-refractivity contribution in [3.8, 4) is 5.75 Å². The Morgan fingerprint density at radius 2 is 2.16 bits per heavy atom. The minimum atomic E-state index is -0.350. The second kappa shape index (κ2) is 6.07. The summed E-state index contributed by atoms with van der Waals surface area (Å²) in [4.78, 5) is 24.1. The third-order valence-corrected chi connectivity index (χ3v) is 3.12. The van der Waals surface area contributed by atoms with E-state index in [2.05, 4.69) is 52.1 Å². The maximum atomic E-state index is 12.1. The summed E-state index contributed by atoms with van der Waals surface area (Å²) in [7, 11) is 1.48. The molecule has 2 heterocycles. The van der Waals surface area contributed by atoms with E-state index < -0.39 is 0 Å². The molecule has 0 saturated heterocycles. The molecule has 0 aliphatic heterocycles. The number of rotatable bonds is 3. The molecule has 2 rings (SSSR count). The quantitative estimate of drug-likeness (QED) is 0.875. The van der Waals surface area contributed by atoms with Crippen LogP contribution in [0.3, 0.4) is 0 Å². The van der Waals surface area contributed by atoms with E-state index in [1.807, 2.05) is 0 Å². The number of nitrogens with one attached hydrogen (secondary N) is 1. The average molecular weight is 388 g/mol. The topological polar surface area (TPSA) is 77.0 Å². The van der Waals surface area contributed by atoms with Crippen LogP contribution in [0.1, 0.15) is 10.4 Å². The van der Waals surface area contributed by atoms with Gasteiger partial charge in [0, 0.05) is 6.20 Å². The predicted molar refractivity (Wildman–Crippen MR) is 76.2 cm³/mol. The lowest BCUT2D eigenvalue weighted by Gasteiger charge is -2.08. The zero-order chi connectivity index (χ0) is 13.8. The molecular weight excluding hydrogens is 380 g/mol. The third-order valence-electron chi connectivity index (χ3n) is 2.18. The molecule has 1 amide bonds. The molecule has 2 aromatic rings. The number of amides is 1. The Morgan fingerprint density at radius 3 is 2.84 bits per heavy atom. The standard InChI is InChI=1S/C11H8Br2N4O2/c1-19-7-4-14-3-2-6(7)11(18)17-10-9(13)16-8(12)5-15-10/h2-5H,1H3,(H,15,17,18). The molecule has 98 valence electrons. The summed E-state index contributed by atoms with van der Waals surface area (Å²) in [5, 5.41) is 2.64. The number of nitrogens with zero attached hydrogens (tertiary/aromatic N) is 3. The zero-order valence-electron chi connectivity index (χ0n) is 9.72. The predicted octanol–water partition coefficient (Wildman–Crippen LogP) is 2.66. The molecule has 0 aliphatic rings. The molecule has 0 fully saturated rings. The van der Waals surface area contributed by atoms with Gasteiger partial charge in [-0.3, -0.25) is 9.78 Å². The van der Waals surface area contributed by atoms with Gasteiger partial charge in [-0.25, -0.2) is 9.97 Å². The molecule has 8 heteroatoms.